The van der Waals surface area contributed by atoms with Crippen LogP contribution in [0.2, 0.25) is 0 Å². The number of aromatic hydroxyl groups is 1. The molecular weight excluding hydrogens is 616 g/mol. The highest BCUT2D eigenvalue weighted by atomic mass is 79.9. The SMILES string of the molecule is CCOc1cc(Br)cc(C=NNC(=O)COc2c(Br)cc(Br)cc2Br)c1O. The van der Waals surface area contributed by atoms with Gasteiger partial charge in [0.05, 0.1) is 21.8 Å². The van der Waals surface area contributed by atoms with Gasteiger partial charge in [-0.05, 0) is 63.0 Å². The van der Waals surface area contributed by atoms with Crippen LogP contribution in [0.3, 0.4) is 0 Å². The fourth-order valence-electron chi connectivity index (χ4n) is 1.97. The summed E-state index contributed by atoms with van der Waals surface area (Å²) >= 11 is 13.4. The molecule has 0 atom stereocenters. The van der Waals surface area contributed by atoms with Gasteiger partial charge in [-0.1, -0.05) is 31.9 Å². The molecule has 6 nitrogen and oxygen atoms in total. The van der Waals surface area contributed by atoms with Gasteiger partial charge in [-0.3, -0.25) is 4.79 Å². The van der Waals surface area contributed by atoms with Gasteiger partial charge in [-0.25, -0.2) is 5.43 Å². The Labute approximate surface area is 189 Å². The van der Waals surface area contributed by atoms with E-state index in [1.54, 1.807) is 12.1 Å². The number of nitrogens with one attached hydrogen (secondary N) is 1. The highest BCUT2D eigenvalue weighted by molar-refractivity contribution is 9.11. The number of hydrogen-bond acceptors (Lipinski definition) is 5. The molecule has 0 saturated carbocycles. The molecule has 144 valence electrons. The first kappa shape index (κ1) is 22.2. The lowest BCUT2D eigenvalue weighted by Crippen LogP contribution is -2.24. The molecule has 0 aliphatic heterocycles. The molecule has 1 amide bonds. The van der Waals surface area contributed by atoms with Gasteiger partial charge in [0.1, 0.15) is 5.75 Å². The van der Waals surface area contributed by atoms with Crippen LogP contribution in [-0.4, -0.2) is 30.4 Å². The van der Waals surface area contributed by atoms with Crippen LogP contribution in [0.15, 0.2) is 47.3 Å². The third kappa shape index (κ3) is 6.48. The van der Waals surface area contributed by atoms with Gasteiger partial charge in [0.25, 0.3) is 5.91 Å². The maximum absolute atomic E-state index is 11.9. The summed E-state index contributed by atoms with van der Waals surface area (Å²) in [5.74, 6) is 0.320. The number of nitrogens with zero attached hydrogens (tertiary/aromatic N) is 1. The van der Waals surface area contributed by atoms with Crippen LogP contribution >= 0.6 is 63.7 Å². The highest BCUT2D eigenvalue weighted by Crippen LogP contribution is 2.36. The lowest BCUT2D eigenvalue weighted by Gasteiger charge is -2.10. The number of benzene rings is 2. The van der Waals surface area contributed by atoms with Crippen molar-refractivity contribution in [2.24, 2.45) is 5.10 Å². The van der Waals surface area contributed by atoms with Crippen LogP contribution < -0.4 is 14.9 Å². The first-order chi connectivity index (χ1) is 12.8. The zero-order valence-electron chi connectivity index (χ0n) is 13.9. The Morgan fingerprint density at radius 1 is 1.11 bits per heavy atom. The molecule has 0 aliphatic carbocycles. The predicted molar refractivity (Wildman–Crippen MR) is 118 cm³/mol. The molecule has 2 aromatic rings. The molecule has 27 heavy (non-hydrogen) atoms. The van der Waals surface area contributed by atoms with E-state index in [4.69, 9.17) is 9.47 Å². The molecule has 2 aromatic carbocycles. The van der Waals surface area contributed by atoms with E-state index in [9.17, 15) is 9.90 Å². The van der Waals surface area contributed by atoms with Crippen LogP contribution in [0.25, 0.3) is 0 Å². The van der Waals surface area contributed by atoms with Crippen molar-refractivity contribution in [3.63, 3.8) is 0 Å². The number of carbonyl (C=O) groups is 1. The number of phenolic OH excluding ortho intramolecular Hbond substituents is 1. The van der Waals surface area contributed by atoms with E-state index in [0.717, 1.165) is 4.47 Å². The molecule has 0 spiro atoms. The van der Waals surface area contributed by atoms with Crippen molar-refractivity contribution in [1.29, 1.82) is 0 Å². The van der Waals surface area contributed by atoms with E-state index >= 15 is 0 Å². The zero-order chi connectivity index (χ0) is 20.0. The number of amides is 1. The number of carbonyl (C=O) groups excluding carboxylic acids is 1. The Hall–Kier alpha value is -1.10. The van der Waals surface area contributed by atoms with Crippen molar-refractivity contribution in [3.8, 4) is 17.2 Å². The highest BCUT2D eigenvalue weighted by Gasteiger charge is 2.11. The summed E-state index contributed by atoms with van der Waals surface area (Å²) in [4.78, 5) is 11.9. The topological polar surface area (TPSA) is 80.2 Å². The number of ether oxygens (including phenoxy) is 2. The van der Waals surface area contributed by atoms with Gasteiger partial charge in [-0.15, -0.1) is 0 Å². The van der Waals surface area contributed by atoms with Gasteiger partial charge in [0, 0.05) is 14.5 Å². The zero-order valence-corrected chi connectivity index (χ0v) is 20.3. The van der Waals surface area contributed by atoms with Crippen molar-refractivity contribution in [3.05, 3.63) is 47.7 Å². The smallest absolute Gasteiger partial charge is 0.277 e. The molecule has 0 aromatic heterocycles. The Morgan fingerprint density at radius 3 is 2.37 bits per heavy atom. The third-order valence-corrected chi connectivity index (χ3v) is 5.17. The molecule has 2 N–H and O–H groups in total. The largest absolute Gasteiger partial charge is 0.504 e. The van der Waals surface area contributed by atoms with E-state index in [0.29, 0.717) is 37.1 Å². The van der Waals surface area contributed by atoms with Crippen LogP contribution in [0, 0.1) is 0 Å². The second kappa shape index (κ2) is 10.4. The first-order valence-corrected chi connectivity index (χ1v) is 10.7. The molecular formula is C17H14Br4N2O4. The predicted octanol–water partition coefficient (Wildman–Crippen LogP) is 5.37. The molecule has 2 rings (SSSR count). The molecule has 0 saturated heterocycles. The summed E-state index contributed by atoms with van der Waals surface area (Å²) in [7, 11) is 0. The fraction of sp³-hybridized carbons (Fsp3) is 0.176. The van der Waals surface area contributed by atoms with Gasteiger partial charge < -0.3 is 14.6 Å². The quantitative estimate of drug-likeness (QED) is 0.319. The van der Waals surface area contributed by atoms with E-state index in [1.807, 2.05) is 19.1 Å². The van der Waals surface area contributed by atoms with Crippen LogP contribution in [0.4, 0.5) is 0 Å². The molecule has 0 heterocycles. The molecule has 10 heteroatoms. The Morgan fingerprint density at radius 2 is 1.74 bits per heavy atom. The van der Waals surface area contributed by atoms with Crippen molar-refractivity contribution in [2.75, 3.05) is 13.2 Å². The normalized spacial score (nSPS) is 10.9. The minimum Gasteiger partial charge on any atom is -0.504 e. The van der Waals surface area contributed by atoms with Crippen molar-refractivity contribution < 1.29 is 19.4 Å². The van der Waals surface area contributed by atoms with E-state index in [-0.39, 0.29) is 12.4 Å². The molecule has 0 fully saturated rings. The summed E-state index contributed by atoms with van der Waals surface area (Å²) in [6.45, 7) is 2.00. The molecule has 0 radical (unpaired) electrons. The summed E-state index contributed by atoms with van der Waals surface area (Å²) in [5, 5.41) is 14.0. The molecule has 0 unspecified atom stereocenters. The standard InChI is InChI=1S/C17H14Br4N2O4/c1-2-26-14-6-10(18)3-9(16(14)25)7-22-23-15(24)8-27-17-12(20)4-11(19)5-13(17)21/h3-7,25H,2,8H2,1H3,(H,23,24). The maximum atomic E-state index is 11.9. The third-order valence-electron chi connectivity index (χ3n) is 3.07. The Balaban J connectivity index is 1.98. The first-order valence-electron chi connectivity index (χ1n) is 7.56. The van der Waals surface area contributed by atoms with Crippen LogP contribution in [-0.2, 0) is 4.79 Å². The lowest BCUT2D eigenvalue weighted by atomic mass is 10.2. The summed E-state index contributed by atoms with van der Waals surface area (Å²) in [6.07, 6.45) is 1.33. The Bertz CT molecular complexity index is 851. The van der Waals surface area contributed by atoms with Crippen LogP contribution in [0.5, 0.6) is 17.2 Å². The Kier molecular flexibility index (Phi) is 8.59. The lowest BCUT2D eigenvalue weighted by molar-refractivity contribution is -0.123. The van der Waals surface area contributed by atoms with Gasteiger partial charge in [0.2, 0.25) is 0 Å². The number of halogens is 4. The minimum atomic E-state index is -0.451. The monoisotopic (exact) mass is 626 g/mol. The number of hydrazone groups is 1. The van der Waals surface area contributed by atoms with Crippen molar-refractivity contribution in [2.45, 2.75) is 6.92 Å². The minimum absolute atomic E-state index is 0.0583. The summed E-state index contributed by atoms with van der Waals surface area (Å²) in [5.41, 5.74) is 2.74. The van der Waals surface area contributed by atoms with Crippen molar-refractivity contribution in [1.82, 2.24) is 5.43 Å². The summed E-state index contributed by atoms with van der Waals surface area (Å²) < 4.78 is 13.8. The number of hydrogen-bond donors (Lipinski definition) is 2. The average molecular weight is 630 g/mol. The van der Waals surface area contributed by atoms with E-state index in [2.05, 4.69) is 74.2 Å². The van der Waals surface area contributed by atoms with Crippen molar-refractivity contribution >= 4 is 75.8 Å². The maximum Gasteiger partial charge on any atom is 0.277 e. The van der Waals surface area contributed by atoms with E-state index in [1.165, 1.54) is 6.21 Å². The molecule has 0 bridgehead atoms. The average Bonchev–Trinajstić information content (AvgIpc) is 2.58. The summed E-state index contributed by atoms with van der Waals surface area (Å²) in [6, 6.07) is 6.92. The number of phenols is 1. The van der Waals surface area contributed by atoms with Gasteiger partial charge in [-0.2, -0.15) is 5.10 Å². The van der Waals surface area contributed by atoms with Crippen LogP contribution in [0.1, 0.15) is 12.5 Å². The molecule has 0 aliphatic rings. The second-order valence-electron chi connectivity index (χ2n) is 5.06. The fourth-order valence-corrected chi connectivity index (χ4v) is 4.91. The number of rotatable bonds is 7. The second-order valence-corrected chi connectivity index (χ2v) is 8.60. The van der Waals surface area contributed by atoms with Gasteiger partial charge in [0.15, 0.2) is 18.1 Å². The van der Waals surface area contributed by atoms with Gasteiger partial charge >= 0.3 is 0 Å². The van der Waals surface area contributed by atoms with E-state index < -0.39 is 5.91 Å².